The van der Waals surface area contributed by atoms with Crippen LogP contribution in [0.15, 0.2) is 64.9 Å². The molecule has 0 aliphatic heterocycles. The predicted molar refractivity (Wildman–Crippen MR) is 112 cm³/mol. The first-order chi connectivity index (χ1) is 13.4. The first-order valence-electron chi connectivity index (χ1n) is 8.99. The van der Waals surface area contributed by atoms with Gasteiger partial charge in [0.25, 0.3) is 0 Å². The lowest BCUT2D eigenvalue weighted by atomic mass is 9.87. The number of rotatable bonds is 7. The van der Waals surface area contributed by atoms with Gasteiger partial charge in [0, 0.05) is 12.2 Å². The summed E-state index contributed by atoms with van der Waals surface area (Å²) in [5.74, 6) is 1.38. The van der Waals surface area contributed by atoms with Crippen LogP contribution in [0.1, 0.15) is 26.3 Å². The summed E-state index contributed by atoms with van der Waals surface area (Å²) in [6.45, 7) is 10.8. The van der Waals surface area contributed by atoms with Gasteiger partial charge >= 0.3 is 0 Å². The zero-order chi connectivity index (χ0) is 20.1. The molecule has 1 N–H and O–H groups in total. The molecule has 0 aliphatic carbocycles. The van der Waals surface area contributed by atoms with E-state index in [0.717, 1.165) is 5.69 Å². The molecule has 1 amide bonds. The molecule has 0 saturated heterocycles. The van der Waals surface area contributed by atoms with Crippen molar-refractivity contribution < 1.29 is 9.21 Å². The lowest BCUT2D eigenvalue weighted by molar-refractivity contribution is -0.113. The molecule has 0 radical (unpaired) electrons. The molecule has 0 fully saturated rings. The zero-order valence-corrected chi connectivity index (χ0v) is 17.1. The van der Waals surface area contributed by atoms with Gasteiger partial charge in [-0.1, -0.05) is 50.7 Å². The number of nitrogens with zero attached hydrogens (tertiary/aromatic N) is 3. The molecule has 146 valence electrons. The minimum absolute atomic E-state index is 0.0827. The summed E-state index contributed by atoms with van der Waals surface area (Å²) in [6.07, 6.45) is 3.35. The molecule has 3 rings (SSSR count). The smallest absolute Gasteiger partial charge is 0.234 e. The topological polar surface area (TPSA) is 73.0 Å². The van der Waals surface area contributed by atoms with Crippen LogP contribution >= 0.6 is 11.8 Å². The Hall–Kier alpha value is -2.80. The van der Waals surface area contributed by atoms with Gasteiger partial charge in [-0.15, -0.1) is 16.8 Å². The zero-order valence-electron chi connectivity index (χ0n) is 16.3. The fourth-order valence-corrected chi connectivity index (χ4v) is 3.41. The average Bonchev–Trinajstić information content (AvgIpc) is 3.30. The fourth-order valence-electron chi connectivity index (χ4n) is 2.66. The molecule has 0 unspecified atom stereocenters. The Labute approximate surface area is 169 Å². The van der Waals surface area contributed by atoms with E-state index in [2.05, 4.69) is 42.9 Å². The van der Waals surface area contributed by atoms with E-state index in [9.17, 15) is 4.79 Å². The van der Waals surface area contributed by atoms with Gasteiger partial charge in [-0.3, -0.25) is 9.36 Å². The summed E-state index contributed by atoms with van der Waals surface area (Å²) in [5.41, 5.74) is 2.09. The van der Waals surface area contributed by atoms with Crippen LogP contribution in [0.2, 0.25) is 0 Å². The van der Waals surface area contributed by atoms with E-state index in [1.165, 1.54) is 17.3 Å². The van der Waals surface area contributed by atoms with E-state index >= 15 is 0 Å². The van der Waals surface area contributed by atoms with Crippen LogP contribution in [0.5, 0.6) is 0 Å². The highest BCUT2D eigenvalue weighted by atomic mass is 32.2. The number of hydrogen-bond acceptors (Lipinski definition) is 5. The van der Waals surface area contributed by atoms with Gasteiger partial charge in [0.05, 0.1) is 12.0 Å². The molecule has 0 spiro atoms. The van der Waals surface area contributed by atoms with Gasteiger partial charge in [-0.2, -0.15) is 0 Å². The predicted octanol–water partition coefficient (Wildman–Crippen LogP) is 4.75. The fraction of sp³-hybridized carbons (Fsp3) is 0.286. The number of allylic oxidation sites excluding steroid dienone is 1. The van der Waals surface area contributed by atoms with Crippen LogP contribution in [0.25, 0.3) is 11.6 Å². The largest absolute Gasteiger partial charge is 0.461 e. The third-order valence-electron chi connectivity index (χ3n) is 4.14. The molecule has 0 aliphatic rings. The molecule has 0 saturated carbocycles. The van der Waals surface area contributed by atoms with E-state index in [4.69, 9.17) is 4.42 Å². The SMILES string of the molecule is C=CCn1c(SCC(=O)Nc2ccc(C(C)(C)C)cc2)nnc1-c1ccco1. The van der Waals surface area contributed by atoms with Crippen LogP contribution in [0.3, 0.4) is 0 Å². The minimum Gasteiger partial charge on any atom is -0.461 e. The summed E-state index contributed by atoms with van der Waals surface area (Å²) in [6, 6.07) is 11.6. The number of thioether (sulfide) groups is 1. The van der Waals surface area contributed by atoms with Crippen LogP contribution in [-0.2, 0) is 16.8 Å². The van der Waals surface area contributed by atoms with Crippen LogP contribution in [0, 0.1) is 0 Å². The Morgan fingerprint density at radius 1 is 1.25 bits per heavy atom. The van der Waals surface area contributed by atoms with E-state index in [1.807, 2.05) is 34.9 Å². The maximum absolute atomic E-state index is 12.3. The number of nitrogens with one attached hydrogen (secondary N) is 1. The Kier molecular flexibility index (Phi) is 6.04. The van der Waals surface area contributed by atoms with Crippen molar-refractivity contribution in [1.29, 1.82) is 0 Å². The maximum Gasteiger partial charge on any atom is 0.234 e. The molecular weight excluding hydrogens is 372 g/mol. The number of anilines is 1. The van der Waals surface area contributed by atoms with Crippen LogP contribution < -0.4 is 5.32 Å². The Balaban J connectivity index is 1.64. The quantitative estimate of drug-likeness (QED) is 0.461. The Morgan fingerprint density at radius 2 is 2.00 bits per heavy atom. The van der Waals surface area contributed by atoms with Crippen LogP contribution in [0.4, 0.5) is 5.69 Å². The lowest BCUT2D eigenvalue weighted by Crippen LogP contribution is -2.15. The Bertz CT molecular complexity index is 938. The third kappa shape index (κ3) is 4.72. The van der Waals surface area contributed by atoms with Gasteiger partial charge in [-0.05, 0) is 35.2 Å². The Morgan fingerprint density at radius 3 is 2.61 bits per heavy atom. The molecule has 0 atom stereocenters. The van der Waals surface area contributed by atoms with E-state index in [1.54, 1.807) is 18.4 Å². The molecule has 7 heteroatoms. The maximum atomic E-state index is 12.3. The van der Waals surface area contributed by atoms with E-state index in [0.29, 0.717) is 23.3 Å². The monoisotopic (exact) mass is 396 g/mol. The van der Waals surface area contributed by atoms with Crippen molar-refractivity contribution >= 4 is 23.4 Å². The summed E-state index contributed by atoms with van der Waals surface area (Å²) < 4.78 is 7.29. The van der Waals surface area contributed by atoms with Crippen molar-refractivity contribution in [2.45, 2.75) is 37.9 Å². The standard InChI is InChI=1S/C21H24N4O2S/c1-5-12-25-19(17-7-6-13-27-17)23-24-20(25)28-14-18(26)22-16-10-8-15(9-11-16)21(2,3)4/h5-11,13H,1,12,14H2,2-4H3,(H,22,26). The minimum atomic E-state index is -0.0961. The van der Waals surface area contributed by atoms with E-state index in [-0.39, 0.29) is 17.1 Å². The van der Waals surface area contributed by atoms with Crippen molar-refractivity contribution in [3.63, 3.8) is 0 Å². The summed E-state index contributed by atoms with van der Waals surface area (Å²) in [5, 5.41) is 12.0. The third-order valence-corrected chi connectivity index (χ3v) is 5.10. The summed E-state index contributed by atoms with van der Waals surface area (Å²) >= 11 is 1.33. The molecular formula is C21H24N4O2S. The molecule has 1 aromatic carbocycles. The molecule has 2 aromatic heterocycles. The highest BCUT2D eigenvalue weighted by Crippen LogP contribution is 2.25. The highest BCUT2D eigenvalue weighted by molar-refractivity contribution is 7.99. The summed E-state index contributed by atoms with van der Waals surface area (Å²) in [7, 11) is 0. The van der Waals surface area contributed by atoms with Crippen molar-refractivity contribution in [1.82, 2.24) is 14.8 Å². The van der Waals surface area contributed by atoms with Gasteiger partial charge in [0.15, 0.2) is 10.9 Å². The number of hydrogen-bond donors (Lipinski definition) is 1. The lowest BCUT2D eigenvalue weighted by Gasteiger charge is -2.19. The first kappa shape index (κ1) is 19.9. The van der Waals surface area contributed by atoms with Crippen molar-refractivity contribution in [2.75, 3.05) is 11.1 Å². The number of carbonyl (C=O) groups excluding carboxylic acids is 1. The highest BCUT2D eigenvalue weighted by Gasteiger charge is 2.17. The van der Waals surface area contributed by atoms with E-state index < -0.39 is 0 Å². The van der Waals surface area contributed by atoms with Gasteiger partial charge < -0.3 is 9.73 Å². The van der Waals surface area contributed by atoms with Gasteiger partial charge in [0.1, 0.15) is 0 Å². The average molecular weight is 397 g/mol. The molecule has 28 heavy (non-hydrogen) atoms. The van der Waals surface area contributed by atoms with Crippen molar-refractivity contribution in [3.05, 3.63) is 60.9 Å². The number of aromatic nitrogens is 3. The van der Waals surface area contributed by atoms with Crippen molar-refractivity contribution in [2.24, 2.45) is 0 Å². The molecule has 0 bridgehead atoms. The number of benzene rings is 1. The second-order valence-electron chi connectivity index (χ2n) is 7.35. The second-order valence-corrected chi connectivity index (χ2v) is 8.29. The number of carbonyl (C=O) groups is 1. The molecule has 6 nitrogen and oxygen atoms in total. The van der Waals surface area contributed by atoms with Crippen molar-refractivity contribution in [3.8, 4) is 11.6 Å². The molecule has 3 aromatic rings. The van der Waals surface area contributed by atoms with Crippen LogP contribution in [-0.4, -0.2) is 26.4 Å². The van der Waals surface area contributed by atoms with Gasteiger partial charge in [0.2, 0.25) is 11.7 Å². The second kappa shape index (κ2) is 8.48. The first-order valence-corrected chi connectivity index (χ1v) is 9.98. The number of furan rings is 1. The van der Waals surface area contributed by atoms with Gasteiger partial charge in [-0.25, -0.2) is 0 Å². The molecule has 2 heterocycles. The summed E-state index contributed by atoms with van der Waals surface area (Å²) in [4.78, 5) is 12.3. The number of amides is 1. The normalized spacial score (nSPS) is 11.4.